The van der Waals surface area contributed by atoms with E-state index in [4.69, 9.17) is 4.74 Å². The van der Waals surface area contributed by atoms with Crippen LogP contribution in [0.25, 0.3) is 22.0 Å². The lowest BCUT2D eigenvalue weighted by Crippen LogP contribution is -2.44. The van der Waals surface area contributed by atoms with Crippen molar-refractivity contribution in [3.63, 3.8) is 0 Å². The third-order valence-corrected chi connectivity index (χ3v) is 7.63. The Balaban J connectivity index is 1.51. The predicted molar refractivity (Wildman–Crippen MR) is 159 cm³/mol. The van der Waals surface area contributed by atoms with Gasteiger partial charge in [0.05, 0.1) is 6.61 Å². The lowest BCUT2D eigenvalue weighted by molar-refractivity contribution is 0.0952. The molecule has 1 amide bonds. The van der Waals surface area contributed by atoms with Gasteiger partial charge in [0.1, 0.15) is 5.82 Å². The summed E-state index contributed by atoms with van der Waals surface area (Å²) in [6, 6.07) is 12.3. The summed E-state index contributed by atoms with van der Waals surface area (Å²) in [7, 11) is 3.73. The van der Waals surface area contributed by atoms with E-state index >= 15 is 0 Å². The Morgan fingerprint density at radius 1 is 1.10 bits per heavy atom. The molecular formula is C31H38N6O3. The van der Waals surface area contributed by atoms with E-state index in [1.165, 1.54) is 0 Å². The first-order valence-electron chi connectivity index (χ1n) is 13.8. The Morgan fingerprint density at radius 3 is 2.60 bits per heavy atom. The highest BCUT2D eigenvalue weighted by Crippen LogP contribution is 2.32. The SMILES string of the molecule is COCc1cc(C)[nH]c(=O)c1CNC(=O)c1cc(-c2ccnc(N3CCN(C)CC3)c2)cc2c1ccn2C(C)C. The molecule has 0 spiro atoms. The lowest BCUT2D eigenvalue weighted by Gasteiger charge is -2.33. The largest absolute Gasteiger partial charge is 0.380 e. The number of amides is 1. The second kappa shape index (κ2) is 11.7. The van der Waals surface area contributed by atoms with Crippen LogP contribution < -0.4 is 15.8 Å². The van der Waals surface area contributed by atoms with Gasteiger partial charge in [0.15, 0.2) is 0 Å². The molecule has 0 atom stereocenters. The van der Waals surface area contributed by atoms with Crippen molar-refractivity contribution in [3.8, 4) is 11.1 Å². The molecule has 0 aliphatic carbocycles. The number of benzene rings is 1. The van der Waals surface area contributed by atoms with Crippen LogP contribution in [0.5, 0.6) is 0 Å². The normalized spacial score (nSPS) is 14.3. The molecular weight excluding hydrogens is 504 g/mol. The first-order chi connectivity index (χ1) is 19.2. The van der Waals surface area contributed by atoms with E-state index in [1.54, 1.807) is 7.11 Å². The van der Waals surface area contributed by atoms with Crippen LogP contribution in [0.4, 0.5) is 5.82 Å². The monoisotopic (exact) mass is 542 g/mol. The summed E-state index contributed by atoms with van der Waals surface area (Å²) < 4.78 is 7.48. The van der Waals surface area contributed by atoms with Crippen molar-refractivity contribution in [2.75, 3.05) is 45.2 Å². The van der Waals surface area contributed by atoms with Crippen LogP contribution in [-0.4, -0.2) is 65.7 Å². The molecule has 40 heavy (non-hydrogen) atoms. The van der Waals surface area contributed by atoms with Crippen LogP contribution in [0.1, 0.15) is 47.1 Å². The summed E-state index contributed by atoms with van der Waals surface area (Å²) >= 11 is 0. The summed E-state index contributed by atoms with van der Waals surface area (Å²) in [4.78, 5) is 38.5. The zero-order chi connectivity index (χ0) is 28.4. The zero-order valence-corrected chi connectivity index (χ0v) is 24.0. The second-order valence-corrected chi connectivity index (χ2v) is 10.9. The van der Waals surface area contributed by atoms with Gasteiger partial charge in [-0.15, -0.1) is 0 Å². The van der Waals surface area contributed by atoms with Gasteiger partial charge in [-0.1, -0.05) is 0 Å². The quantitative estimate of drug-likeness (QED) is 0.348. The van der Waals surface area contributed by atoms with E-state index in [0.29, 0.717) is 17.7 Å². The summed E-state index contributed by atoms with van der Waals surface area (Å²) in [5.41, 5.74) is 5.32. The molecule has 1 aliphatic heterocycles. The van der Waals surface area contributed by atoms with Crippen molar-refractivity contribution >= 4 is 22.6 Å². The van der Waals surface area contributed by atoms with Crippen molar-refractivity contribution < 1.29 is 9.53 Å². The number of methoxy groups -OCH3 is 1. The lowest BCUT2D eigenvalue weighted by atomic mass is 9.99. The number of piperazine rings is 1. The molecule has 1 fully saturated rings. The van der Waals surface area contributed by atoms with E-state index in [0.717, 1.165) is 65.3 Å². The minimum atomic E-state index is -0.231. The first kappa shape index (κ1) is 27.6. The number of rotatable bonds is 8. The van der Waals surface area contributed by atoms with Crippen LogP contribution in [0.2, 0.25) is 0 Å². The maximum Gasteiger partial charge on any atom is 0.253 e. The number of nitrogens with one attached hydrogen (secondary N) is 2. The Labute approximate surface area is 234 Å². The number of nitrogens with zero attached hydrogens (tertiary/aromatic N) is 4. The number of ether oxygens (including phenoxy) is 1. The number of hydrogen-bond acceptors (Lipinski definition) is 6. The third kappa shape index (κ3) is 5.66. The second-order valence-electron chi connectivity index (χ2n) is 10.9. The molecule has 0 bridgehead atoms. The van der Waals surface area contributed by atoms with Crippen molar-refractivity contribution in [2.24, 2.45) is 0 Å². The zero-order valence-electron chi connectivity index (χ0n) is 24.0. The highest BCUT2D eigenvalue weighted by Gasteiger charge is 2.19. The molecule has 5 rings (SSSR count). The summed E-state index contributed by atoms with van der Waals surface area (Å²) in [5.74, 6) is 0.713. The molecule has 1 aromatic carbocycles. The van der Waals surface area contributed by atoms with Crippen LogP contribution in [-0.2, 0) is 17.9 Å². The molecule has 210 valence electrons. The maximum absolute atomic E-state index is 13.7. The fourth-order valence-electron chi connectivity index (χ4n) is 5.40. The molecule has 4 aromatic rings. The molecule has 1 aliphatic rings. The number of aromatic amines is 1. The minimum Gasteiger partial charge on any atom is -0.380 e. The number of aromatic nitrogens is 3. The molecule has 0 radical (unpaired) electrons. The van der Waals surface area contributed by atoms with Gasteiger partial charge in [0, 0.05) is 86.0 Å². The van der Waals surface area contributed by atoms with Gasteiger partial charge in [0.25, 0.3) is 11.5 Å². The van der Waals surface area contributed by atoms with Gasteiger partial charge >= 0.3 is 0 Å². The Morgan fingerprint density at radius 2 is 1.88 bits per heavy atom. The number of carbonyl (C=O) groups excluding carboxylic acids is 1. The Hall–Kier alpha value is -3.95. The van der Waals surface area contributed by atoms with E-state index in [-0.39, 0.29) is 24.1 Å². The summed E-state index contributed by atoms with van der Waals surface area (Å²) in [6.45, 7) is 10.4. The maximum atomic E-state index is 13.7. The molecule has 9 heteroatoms. The molecule has 9 nitrogen and oxygen atoms in total. The number of H-pyrrole nitrogens is 1. The van der Waals surface area contributed by atoms with Crippen LogP contribution in [0.15, 0.2) is 53.6 Å². The van der Waals surface area contributed by atoms with Crippen LogP contribution >= 0.6 is 0 Å². The molecule has 0 saturated carbocycles. The van der Waals surface area contributed by atoms with Crippen LogP contribution in [0, 0.1) is 6.92 Å². The van der Waals surface area contributed by atoms with Crippen molar-refractivity contribution in [2.45, 2.75) is 40.0 Å². The molecule has 2 N–H and O–H groups in total. The number of hydrogen-bond donors (Lipinski definition) is 2. The smallest absolute Gasteiger partial charge is 0.253 e. The number of likely N-dealkylation sites (N-methyl/N-ethyl adjacent to an activating group) is 1. The third-order valence-electron chi connectivity index (χ3n) is 7.63. The predicted octanol–water partition coefficient (Wildman–Crippen LogP) is 4.11. The van der Waals surface area contributed by atoms with Crippen LogP contribution in [0.3, 0.4) is 0 Å². The van der Waals surface area contributed by atoms with Gasteiger partial charge < -0.3 is 29.4 Å². The van der Waals surface area contributed by atoms with E-state index in [9.17, 15) is 9.59 Å². The molecule has 0 unspecified atom stereocenters. The van der Waals surface area contributed by atoms with Gasteiger partial charge in [-0.2, -0.15) is 0 Å². The number of fused-ring (bicyclic) bond motifs is 1. The number of aryl methyl sites for hydroxylation is 1. The fraction of sp³-hybridized carbons (Fsp3) is 0.387. The topological polar surface area (TPSA) is 95.5 Å². The number of anilines is 1. The first-order valence-corrected chi connectivity index (χ1v) is 13.8. The minimum absolute atomic E-state index is 0.104. The Bertz CT molecular complexity index is 1580. The molecule has 4 heterocycles. The molecule has 3 aromatic heterocycles. The number of carbonyl (C=O) groups is 1. The molecule has 1 saturated heterocycles. The Kier molecular flexibility index (Phi) is 8.04. The van der Waals surface area contributed by atoms with Crippen molar-refractivity contribution in [1.82, 2.24) is 24.8 Å². The van der Waals surface area contributed by atoms with Crippen molar-refractivity contribution in [1.29, 1.82) is 0 Å². The standard InChI is InChI=1S/C31H38N6O3/c1-20(2)37-9-7-25-26(30(38)33-18-27-24(19-40-5)14-21(3)34-31(27)39)15-23(16-28(25)37)22-6-8-32-29(17-22)36-12-10-35(4)11-13-36/h6-9,14-17,20H,10-13,18-19H2,1-5H3,(H,33,38)(H,34,39). The summed E-state index contributed by atoms with van der Waals surface area (Å²) in [6.07, 6.45) is 3.87. The van der Waals surface area contributed by atoms with E-state index in [2.05, 4.69) is 62.7 Å². The van der Waals surface area contributed by atoms with Gasteiger partial charge in [-0.3, -0.25) is 9.59 Å². The number of pyridine rings is 2. The van der Waals surface area contributed by atoms with Gasteiger partial charge in [-0.05, 0) is 80.9 Å². The average Bonchev–Trinajstić information content (AvgIpc) is 3.37. The van der Waals surface area contributed by atoms with E-state index < -0.39 is 0 Å². The average molecular weight is 543 g/mol. The highest BCUT2D eigenvalue weighted by molar-refractivity contribution is 6.08. The van der Waals surface area contributed by atoms with Gasteiger partial charge in [0.2, 0.25) is 0 Å². The fourth-order valence-corrected chi connectivity index (χ4v) is 5.40. The van der Waals surface area contributed by atoms with Crippen molar-refractivity contribution in [3.05, 3.63) is 81.5 Å². The highest BCUT2D eigenvalue weighted by atomic mass is 16.5. The summed E-state index contributed by atoms with van der Waals surface area (Å²) in [5, 5.41) is 3.88. The van der Waals surface area contributed by atoms with E-state index in [1.807, 2.05) is 43.6 Å². The van der Waals surface area contributed by atoms with Gasteiger partial charge in [-0.25, -0.2) is 4.98 Å².